The molecule has 21 heavy (non-hydrogen) atoms. The molecule has 0 amide bonds. The molecular formula is C18H27ClN2. The molecule has 0 unspecified atom stereocenters. The van der Waals surface area contributed by atoms with Gasteiger partial charge in [-0.1, -0.05) is 30.3 Å². The Morgan fingerprint density at radius 3 is 2.71 bits per heavy atom. The highest BCUT2D eigenvalue weighted by atomic mass is 35.5. The van der Waals surface area contributed by atoms with E-state index in [9.17, 15) is 0 Å². The summed E-state index contributed by atoms with van der Waals surface area (Å²) in [6.07, 6.45) is 10.6. The molecule has 3 heteroatoms. The van der Waals surface area contributed by atoms with Gasteiger partial charge in [0.2, 0.25) is 5.84 Å². The SMILES string of the molecule is [Cl-].c1ccc(C[C@H]2CCC[C@H]2NC2=[NH+]CCCCC2)cc1. The summed E-state index contributed by atoms with van der Waals surface area (Å²) in [4.78, 5) is 3.60. The molecule has 1 aliphatic heterocycles. The van der Waals surface area contributed by atoms with Crippen LogP contribution in [-0.4, -0.2) is 18.4 Å². The fraction of sp³-hybridized carbons (Fsp3) is 0.611. The maximum Gasteiger partial charge on any atom is 0.242 e. The zero-order valence-corrected chi connectivity index (χ0v) is 13.5. The molecule has 0 saturated heterocycles. The van der Waals surface area contributed by atoms with Gasteiger partial charge in [-0.25, -0.2) is 0 Å². The van der Waals surface area contributed by atoms with E-state index >= 15 is 0 Å². The summed E-state index contributed by atoms with van der Waals surface area (Å²) in [7, 11) is 0. The minimum absolute atomic E-state index is 0. The third kappa shape index (κ3) is 4.74. The Morgan fingerprint density at radius 2 is 1.86 bits per heavy atom. The van der Waals surface area contributed by atoms with E-state index in [2.05, 4.69) is 40.6 Å². The number of benzene rings is 1. The normalized spacial score (nSPS) is 25.6. The molecule has 2 aliphatic rings. The standard InChI is InChI=1S/C18H26N2.ClH/c1-3-8-15(9-4-1)14-16-10-7-11-17(16)20-18-12-5-2-6-13-19-18;/h1,3-4,8-9,16-17H,2,5-7,10-14H2,(H,19,20);1H/t16-,17-;/m1./s1. The van der Waals surface area contributed by atoms with Crippen molar-refractivity contribution >= 4 is 5.84 Å². The number of hydrogen-bond donors (Lipinski definition) is 2. The Kier molecular flexibility index (Phi) is 6.56. The fourth-order valence-electron chi connectivity index (χ4n) is 3.67. The lowest BCUT2D eigenvalue weighted by atomic mass is 9.94. The molecule has 0 radical (unpaired) electrons. The molecule has 1 aromatic rings. The van der Waals surface area contributed by atoms with Crippen LogP contribution in [-0.2, 0) is 6.42 Å². The van der Waals surface area contributed by atoms with Crippen molar-refractivity contribution in [2.24, 2.45) is 5.92 Å². The maximum absolute atomic E-state index is 3.83. The first-order chi connectivity index (χ1) is 9.92. The van der Waals surface area contributed by atoms with Crippen LogP contribution in [0.15, 0.2) is 30.3 Å². The van der Waals surface area contributed by atoms with Crippen molar-refractivity contribution in [3.8, 4) is 0 Å². The first kappa shape index (κ1) is 16.4. The quantitative estimate of drug-likeness (QED) is 0.740. The van der Waals surface area contributed by atoms with E-state index < -0.39 is 0 Å². The van der Waals surface area contributed by atoms with Gasteiger partial charge in [-0.2, -0.15) is 0 Å². The molecule has 2 N–H and O–H groups in total. The van der Waals surface area contributed by atoms with Crippen LogP contribution >= 0.6 is 0 Å². The van der Waals surface area contributed by atoms with E-state index in [0.717, 1.165) is 12.5 Å². The molecule has 1 saturated carbocycles. The van der Waals surface area contributed by atoms with Gasteiger partial charge in [-0.15, -0.1) is 0 Å². The van der Waals surface area contributed by atoms with Gasteiger partial charge in [0.05, 0.1) is 12.6 Å². The average Bonchev–Trinajstić information content (AvgIpc) is 2.74. The summed E-state index contributed by atoms with van der Waals surface area (Å²) < 4.78 is 0. The summed E-state index contributed by atoms with van der Waals surface area (Å²) in [5.74, 6) is 2.21. The lowest BCUT2D eigenvalue weighted by Crippen LogP contribution is -3.00. The maximum atomic E-state index is 3.83. The minimum atomic E-state index is 0. The van der Waals surface area contributed by atoms with Crippen molar-refractivity contribution in [1.29, 1.82) is 0 Å². The van der Waals surface area contributed by atoms with Crippen LogP contribution in [0.2, 0.25) is 0 Å². The molecule has 116 valence electrons. The molecule has 2 atom stereocenters. The molecule has 1 aliphatic carbocycles. The highest BCUT2D eigenvalue weighted by molar-refractivity contribution is 5.76. The summed E-state index contributed by atoms with van der Waals surface area (Å²) in [5.41, 5.74) is 1.49. The zero-order chi connectivity index (χ0) is 13.6. The summed E-state index contributed by atoms with van der Waals surface area (Å²) in [5, 5.41) is 3.83. The first-order valence-electron chi connectivity index (χ1n) is 8.32. The van der Waals surface area contributed by atoms with E-state index in [-0.39, 0.29) is 12.4 Å². The van der Waals surface area contributed by atoms with E-state index in [1.165, 1.54) is 62.8 Å². The topological polar surface area (TPSA) is 26.0 Å². The third-order valence-electron chi connectivity index (χ3n) is 4.80. The fourth-order valence-corrected chi connectivity index (χ4v) is 3.67. The highest BCUT2D eigenvalue weighted by Gasteiger charge is 2.31. The van der Waals surface area contributed by atoms with Crippen molar-refractivity contribution in [3.63, 3.8) is 0 Å². The second kappa shape index (κ2) is 8.43. The van der Waals surface area contributed by atoms with E-state index in [1.807, 2.05) is 0 Å². The number of hydrogen-bond acceptors (Lipinski definition) is 1. The zero-order valence-electron chi connectivity index (χ0n) is 12.8. The molecular weight excluding hydrogens is 280 g/mol. The van der Waals surface area contributed by atoms with Crippen molar-refractivity contribution < 1.29 is 17.4 Å². The van der Waals surface area contributed by atoms with Crippen LogP contribution in [0.4, 0.5) is 0 Å². The number of amidine groups is 1. The molecule has 3 rings (SSSR count). The second-order valence-electron chi connectivity index (χ2n) is 6.35. The minimum Gasteiger partial charge on any atom is -1.00 e. The van der Waals surface area contributed by atoms with E-state index in [1.54, 1.807) is 0 Å². The van der Waals surface area contributed by atoms with E-state index in [4.69, 9.17) is 0 Å². The Labute approximate surface area is 134 Å². The number of nitrogens with one attached hydrogen (secondary N) is 2. The lowest BCUT2D eigenvalue weighted by Gasteiger charge is -2.18. The van der Waals surface area contributed by atoms with Gasteiger partial charge in [0, 0.05) is 12.3 Å². The van der Waals surface area contributed by atoms with Gasteiger partial charge < -0.3 is 12.4 Å². The van der Waals surface area contributed by atoms with E-state index in [0.29, 0.717) is 6.04 Å². The van der Waals surface area contributed by atoms with Gasteiger partial charge in [-0.3, -0.25) is 10.3 Å². The van der Waals surface area contributed by atoms with Gasteiger partial charge in [-0.05, 0) is 50.5 Å². The summed E-state index contributed by atoms with van der Waals surface area (Å²) in [6, 6.07) is 11.6. The van der Waals surface area contributed by atoms with Crippen LogP contribution in [0, 0.1) is 5.92 Å². The predicted molar refractivity (Wildman–Crippen MR) is 83.7 cm³/mol. The Morgan fingerprint density at radius 1 is 1.00 bits per heavy atom. The smallest absolute Gasteiger partial charge is 0.242 e. The van der Waals surface area contributed by atoms with Crippen LogP contribution in [0.5, 0.6) is 0 Å². The third-order valence-corrected chi connectivity index (χ3v) is 4.80. The monoisotopic (exact) mass is 306 g/mol. The molecule has 2 nitrogen and oxygen atoms in total. The Hall–Kier alpha value is -1.02. The summed E-state index contributed by atoms with van der Waals surface area (Å²) in [6.45, 7) is 1.15. The molecule has 1 heterocycles. The van der Waals surface area contributed by atoms with Crippen LogP contribution < -0.4 is 22.7 Å². The molecule has 0 bridgehead atoms. The van der Waals surface area contributed by atoms with Crippen molar-refractivity contribution in [1.82, 2.24) is 5.32 Å². The first-order valence-corrected chi connectivity index (χ1v) is 8.32. The Balaban J connectivity index is 0.00000161. The molecule has 1 fully saturated rings. The van der Waals surface area contributed by atoms with Gasteiger partial charge in [0.15, 0.2) is 0 Å². The second-order valence-corrected chi connectivity index (χ2v) is 6.35. The van der Waals surface area contributed by atoms with Crippen LogP contribution in [0.25, 0.3) is 0 Å². The van der Waals surface area contributed by atoms with Crippen molar-refractivity contribution in [2.45, 2.75) is 57.4 Å². The highest BCUT2D eigenvalue weighted by Crippen LogP contribution is 2.28. The predicted octanol–water partition coefficient (Wildman–Crippen LogP) is -0.955. The molecule has 0 aromatic heterocycles. The Bertz CT molecular complexity index is 444. The van der Waals surface area contributed by atoms with Crippen molar-refractivity contribution in [3.05, 3.63) is 35.9 Å². The lowest BCUT2D eigenvalue weighted by molar-refractivity contribution is -0.460. The van der Waals surface area contributed by atoms with Crippen molar-refractivity contribution in [2.75, 3.05) is 6.54 Å². The average molecular weight is 307 g/mol. The summed E-state index contributed by atoms with van der Waals surface area (Å²) >= 11 is 0. The van der Waals surface area contributed by atoms with Crippen LogP contribution in [0.3, 0.4) is 0 Å². The van der Waals surface area contributed by atoms with Gasteiger partial charge in [0.25, 0.3) is 0 Å². The number of rotatable bonds is 3. The largest absolute Gasteiger partial charge is 1.00 e. The van der Waals surface area contributed by atoms with Gasteiger partial charge in [0.1, 0.15) is 0 Å². The molecule has 0 spiro atoms. The van der Waals surface area contributed by atoms with Crippen LogP contribution in [0.1, 0.15) is 50.5 Å². The van der Waals surface area contributed by atoms with Gasteiger partial charge >= 0.3 is 0 Å². The number of halogens is 1. The molecule has 1 aromatic carbocycles.